The van der Waals surface area contributed by atoms with Gasteiger partial charge in [0, 0.05) is 18.9 Å². The summed E-state index contributed by atoms with van der Waals surface area (Å²) in [6, 6.07) is 7.26. The molecule has 0 aliphatic heterocycles. The molecule has 0 radical (unpaired) electrons. The smallest absolute Gasteiger partial charge is 0.137 e. The lowest BCUT2D eigenvalue weighted by molar-refractivity contribution is 0.183. The molecule has 1 unspecified atom stereocenters. The topological polar surface area (TPSA) is 58.3 Å². The van der Waals surface area contributed by atoms with Crippen LogP contribution in [0.3, 0.4) is 0 Å². The zero-order chi connectivity index (χ0) is 13.0. The van der Waals surface area contributed by atoms with Gasteiger partial charge in [-0.1, -0.05) is 12.1 Å². The lowest BCUT2D eigenvalue weighted by Crippen LogP contribution is -2.07. The van der Waals surface area contributed by atoms with Crippen molar-refractivity contribution in [3.8, 4) is 5.75 Å². The van der Waals surface area contributed by atoms with Crippen LogP contribution in [-0.4, -0.2) is 19.8 Å². The number of hydrogen-bond acceptors (Lipinski definition) is 3. The third kappa shape index (κ3) is 3.11. The summed E-state index contributed by atoms with van der Waals surface area (Å²) in [4.78, 5) is 4.13. The number of aryl methyl sites for hydroxylation is 2. The van der Waals surface area contributed by atoms with Gasteiger partial charge in [-0.05, 0) is 37.5 Å². The minimum Gasteiger partial charge on any atom is -0.508 e. The highest BCUT2D eigenvalue weighted by Gasteiger charge is 2.07. The van der Waals surface area contributed by atoms with Gasteiger partial charge in [0.1, 0.15) is 17.7 Å². The Morgan fingerprint density at radius 3 is 2.67 bits per heavy atom. The van der Waals surface area contributed by atoms with E-state index in [-0.39, 0.29) is 0 Å². The van der Waals surface area contributed by atoms with Gasteiger partial charge in [-0.15, -0.1) is 0 Å². The third-order valence-corrected chi connectivity index (χ3v) is 2.92. The molecule has 1 aromatic carbocycles. The standard InChI is InChI=1S/C14H18N2O2/c1-11(17)14-15-8-10-16(14)9-2-3-12-4-6-13(18)7-5-12/h4-8,10-11,17-18H,2-3,9H2,1H3. The highest BCUT2D eigenvalue weighted by molar-refractivity contribution is 5.25. The first kappa shape index (κ1) is 12.6. The van der Waals surface area contributed by atoms with E-state index in [2.05, 4.69) is 4.98 Å². The zero-order valence-corrected chi connectivity index (χ0v) is 10.5. The Morgan fingerprint density at radius 1 is 1.28 bits per heavy atom. The Morgan fingerprint density at radius 2 is 2.00 bits per heavy atom. The molecule has 0 saturated carbocycles. The largest absolute Gasteiger partial charge is 0.508 e. The van der Waals surface area contributed by atoms with Crippen molar-refractivity contribution in [2.45, 2.75) is 32.4 Å². The molecule has 2 aromatic rings. The fourth-order valence-electron chi connectivity index (χ4n) is 1.99. The lowest BCUT2D eigenvalue weighted by atomic mass is 10.1. The molecular weight excluding hydrogens is 228 g/mol. The van der Waals surface area contributed by atoms with Crippen LogP contribution in [-0.2, 0) is 13.0 Å². The minimum atomic E-state index is -0.534. The van der Waals surface area contributed by atoms with Crippen LogP contribution in [0.4, 0.5) is 0 Å². The molecular formula is C14H18N2O2. The van der Waals surface area contributed by atoms with Gasteiger partial charge in [-0.3, -0.25) is 0 Å². The molecule has 0 fully saturated rings. The van der Waals surface area contributed by atoms with Crippen molar-refractivity contribution in [2.24, 2.45) is 0 Å². The first-order valence-corrected chi connectivity index (χ1v) is 6.14. The highest BCUT2D eigenvalue weighted by atomic mass is 16.3. The number of phenolic OH excluding ortho intramolecular Hbond substituents is 1. The maximum Gasteiger partial charge on any atom is 0.137 e. The molecule has 4 heteroatoms. The van der Waals surface area contributed by atoms with Crippen molar-refractivity contribution in [1.82, 2.24) is 9.55 Å². The summed E-state index contributed by atoms with van der Waals surface area (Å²) in [5.41, 5.74) is 1.20. The Hall–Kier alpha value is -1.81. The monoisotopic (exact) mass is 246 g/mol. The van der Waals surface area contributed by atoms with Crippen molar-refractivity contribution in [1.29, 1.82) is 0 Å². The van der Waals surface area contributed by atoms with E-state index in [1.54, 1.807) is 25.3 Å². The van der Waals surface area contributed by atoms with E-state index in [9.17, 15) is 10.2 Å². The fourth-order valence-corrected chi connectivity index (χ4v) is 1.99. The first-order valence-electron chi connectivity index (χ1n) is 6.14. The first-order chi connectivity index (χ1) is 8.66. The van der Waals surface area contributed by atoms with Gasteiger partial charge in [-0.2, -0.15) is 0 Å². The van der Waals surface area contributed by atoms with Crippen LogP contribution in [0.25, 0.3) is 0 Å². The number of aromatic hydroxyl groups is 1. The number of benzene rings is 1. The summed E-state index contributed by atoms with van der Waals surface area (Å²) in [5, 5.41) is 18.7. The number of aliphatic hydroxyl groups is 1. The van der Waals surface area contributed by atoms with E-state index in [4.69, 9.17) is 0 Å². The number of imidazole rings is 1. The van der Waals surface area contributed by atoms with Gasteiger partial charge in [0.15, 0.2) is 0 Å². The quantitative estimate of drug-likeness (QED) is 0.851. The molecule has 0 bridgehead atoms. The number of nitrogens with zero attached hydrogens (tertiary/aromatic N) is 2. The van der Waals surface area contributed by atoms with Gasteiger partial charge in [0.25, 0.3) is 0 Å². The molecule has 4 nitrogen and oxygen atoms in total. The maximum absolute atomic E-state index is 9.53. The van der Waals surface area contributed by atoms with Crippen molar-refractivity contribution >= 4 is 0 Å². The summed E-state index contributed by atoms with van der Waals surface area (Å²) in [6.07, 6.45) is 4.98. The number of aliphatic hydroxyl groups excluding tert-OH is 1. The predicted molar refractivity (Wildman–Crippen MR) is 69.3 cm³/mol. The van der Waals surface area contributed by atoms with E-state index in [1.807, 2.05) is 22.9 Å². The van der Waals surface area contributed by atoms with Crippen molar-refractivity contribution < 1.29 is 10.2 Å². The molecule has 2 rings (SSSR count). The van der Waals surface area contributed by atoms with Gasteiger partial charge in [0.2, 0.25) is 0 Å². The Bertz CT molecular complexity index is 489. The Balaban J connectivity index is 1.88. The van der Waals surface area contributed by atoms with Gasteiger partial charge in [-0.25, -0.2) is 4.98 Å². The second-order valence-corrected chi connectivity index (χ2v) is 4.42. The van der Waals surface area contributed by atoms with Crippen molar-refractivity contribution in [3.05, 3.63) is 48.0 Å². The molecule has 0 spiro atoms. The van der Waals surface area contributed by atoms with Crippen LogP contribution in [0.2, 0.25) is 0 Å². The predicted octanol–water partition coefficient (Wildman–Crippen LogP) is 2.27. The molecule has 0 aliphatic carbocycles. The van der Waals surface area contributed by atoms with Crippen LogP contribution < -0.4 is 0 Å². The summed E-state index contributed by atoms with van der Waals surface area (Å²) in [6.45, 7) is 2.56. The molecule has 18 heavy (non-hydrogen) atoms. The fraction of sp³-hybridized carbons (Fsp3) is 0.357. The van der Waals surface area contributed by atoms with Crippen molar-refractivity contribution in [2.75, 3.05) is 0 Å². The van der Waals surface area contributed by atoms with Crippen LogP contribution in [0.1, 0.15) is 30.8 Å². The molecule has 1 heterocycles. The summed E-state index contributed by atoms with van der Waals surface area (Å²) in [5.74, 6) is 1.01. The summed E-state index contributed by atoms with van der Waals surface area (Å²) < 4.78 is 1.98. The third-order valence-electron chi connectivity index (χ3n) is 2.92. The number of rotatable bonds is 5. The number of aromatic nitrogens is 2. The number of hydrogen-bond donors (Lipinski definition) is 2. The van der Waals surface area contributed by atoms with E-state index in [0.717, 1.165) is 19.4 Å². The molecule has 2 N–H and O–H groups in total. The van der Waals surface area contributed by atoms with E-state index in [0.29, 0.717) is 11.6 Å². The van der Waals surface area contributed by atoms with E-state index < -0.39 is 6.10 Å². The van der Waals surface area contributed by atoms with E-state index in [1.165, 1.54) is 5.56 Å². The normalized spacial score (nSPS) is 12.6. The Labute approximate surface area is 107 Å². The molecule has 0 amide bonds. The lowest BCUT2D eigenvalue weighted by Gasteiger charge is -2.09. The van der Waals surface area contributed by atoms with Gasteiger partial charge < -0.3 is 14.8 Å². The second kappa shape index (κ2) is 5.69. The minimum absolute atomic E-state index is 0.296. The number of phenols is 1. The zero-order valence-electron chi connectivity index (χ0n) is 10.5. The van der Waals surface area contributed by atoms with Crippen LogP contribution in [0, 0.1) is 0 Å². The average molecular weight is 246 g/mol. The molecule has 0 saturated heterocycles. The molecule has 1 atom stereocenters. The van der Waals surface area contributed by atoms with Crippen molar-refractivity contribution in [3.63, 3.8) is 0 Å². The van der Waals surface area contributed by atoms with Crippen LogP contribution >= 0.6 is 0 Å². The second-order valence-electron chi connectivity index (χ2n) is 4.42. The SMILES string of the molecule is CC(O)c1nccn1CCCc1ccc(O)cc1. The van der Waals surface area contributed by atoms with Gasteiger partial charge >= 0.3 is 0 Å². The van der Waals surface area contributed by atoms with E-state index >= 15 is 0 Å². The highest BCUT2D eigenvalue weighted by Crippen LogP contribution is 2.13. The molecule has 1 aromatic heterocycles. The Kier molecular flexibility index (Phi) is 3.99. The molecule has 0 aliphatic rings. The summed E-state index contributed by atoms with van der Waals surface area (Å²) >= 11 is 0. The average Bonchev–Trinajstić information content (AvgIpc) is 2.80. The van der Waals surface area contributed by atoms with Crippen LogP contribution in [0.5, 0.6) is 5.75 Å². The maximum atomic E-state index is 9.53. The van der Waals surface area contributed by atoms with Gasteiger partial charge in [0.05, 0.1) is 0 Å². The summed E-state index contributed by atoms with van der Waals surface area (Å²) in [7, 11) is 0. The van der Waals surface area contributed by atoms with Crippen LogP contribution in [0.15, 0.2) is 36.7 Å². The molecule has 96 valence electrons.